The molecule has 1 aliphatic rings. The van der Waals surface area contributed by atoms with E-state index in [0.29, 0.717) is 19.5 Å². The molecule has 0 bridgehead atoms. The van der Waals surface area contributed by atoms with Crippen LogP contribution in [-0.4, -0.2) is 53.9 Å². The number of likely N-dealkylation sites (tertiary alicyclic amines) is 1. The van der Waals surface area contributed by atoms with E-state index >= 15 is 0 Å². The molecule has 1 aliphatic heterocycles. The van der Waals surface area contributed by atoms with Crippen LogP contribution < -0.4 is 10.6 Å². The first-order chi connectivity index (χ1) is 9.31. The Morgan fingerprint density at radius 2 is 2.15 bits per heavy atom. The lowest BCUT2D eigenvalue weighted by Crippen LogP contribution is -2.55. The summed E-state index contributed by atoms with van der Waals surface area (Å²) in [4.78, 5) is 14.2. The largest absolute Gasteiger partial charge is 0.393 e. The molecular weight excluding hydrogens is 254 g/mol. The summed E-state index contributed by atoms with van der Waals surface area (Å²) in [7, 11) is 0. The van der Waals surface area contributed by atoms with Crippen LogP contribution >= 0.6 is 0 Å². The second-order valence-electron chi connectivity index (χ2n) is 6.75. The number of nitrogens with one attached hydrogen (secondary N) is 2. The van der Waals surface area contributed by atoms with Gasteiger partial charge in [-0.1, -0.05) is 6.92 Å². The van der Waals surface area contributed by atoms with Gasteiger partial charge in [0, 0.05) is 25.2 Å². The third kappa shape index (κ3) is 6.09. The van der Waals surface area contributed by atoms with Gasteiger partial charge < -0.3 is 15.7 Å². The van der Waals surface area contributed by atoms with Gasteiger partial charge >= 0.3 is 6.03 Å². The van der Waals surface area contributed by atoms with Crippen molar-refractivity contribution in [2.75, 3.05) is 26.2 Å². The number of rotatable bonds is 6. The topological polar surface area (TPSA) is 64.6 Å². The highest BCUT2D eigenvalue weighted by Gasteiger charge is 2.30. The van der Waals surface area contributed by atoms with Crippen LogP contribution in [0.25, 0.3) is 0 Å². The average Bonchev–Trinajstić information content (AvgIpc) is 2.36. The summed E-state index contributed by atoms with van der Waals surface area (Å²) >= 11 is 0. The Balaban J connectivity index is 2.29. The van der Waals surface area contributed by atoms with E-state index in [4.69, 9.17) is 5.11 Å². The maximum Gasteiger partial charge on any atom is 0.314 e. The Kier molecular flexibility index (Phi) is 6.76. The summed E-state index contributed by atoms with van der Waals surface area (Å²) in [6.07, 6.45) is 2.76. The van der Waals surface area contributed by atoms with Crippen molar-refractivity contribution in [3.05, 3.63) is 0 Å². The van der Waals surface area contributed by atoms with E-state index in [2.05, 4.69) is 36.3 Å². The van der Waals surface area contributed by atoms with E-state index in [1.54, 1.807) is 6.92 Å². The molecule has 0 aromatic carbocycles. The fourth-order valence-corrected chi connectivity index (χ4v) is 2.60. The lowest BCUT2D eigenvalue weighted by Gasteiger charge is -2.43. The molecule has 0 radical (unpaired) electrons. The first-order valence-electron chi connectivity index (χ1n) is 7.76. The molecule has 3 N–H and O–H groups in total. The number of amides is 2. The first kappa shape index (κ1) is 17.2. The van der Waals surface area contributed by atoms with Gasteiger partial charge in [-0.2, -0.15) is 0 Å². The normalized spacial score (nSPS) is 22.4. The fourth-order valence-electron chi connectivity index (χ4n) is 2.60. The minimum Gasteiger partial charge on any atom is -0.393 e. The second-order valence-corrected chi connectivity index (χ2v) is 6.75. The number of carbonyl (C=O) groups excluding carboxylic acids is 1. The van der Waals surface area contributed by atoms with Gasteiger partial charge in [-0.15, -0.1) is 0 Å². The summed E-state index contributed by atoms with van der Waals surface area (Å²) in [6, 6.07) is -0.149. The molecule has 0 aromatic heterocycles. The lowest BCUT2D eigenvalue weighted by molar-refractivity contribution is 0.0723. The summed E-state index contributed by atoms with van der Waals surface area (Å²) in [5.41, 5.74) is -0.0176. The highest BCUT2D eigenvalue weighted by atomic mass is 16.3. The molecule has 118 valence electrons. The zero-order chi connectivity index (χ0) is 15.2. The molecule has 5 heteroatoms. The van der Waals surface area contributed by atoms with Gasteiger partial charge in [-0.05, 0) is 52.5 Å². The van der Waals surface area contributed by atoms with Gasteiger partial charge in [0.25, 0.3) is 0 Å². The zero-order valence-electron chi connectivity index (χ0n) is 13.4. The molecule has 20 heavy (non-hydrogen) atoms. The van der Waals surface area contributed by atoms with Crippen LogP contribution in [0.15, 0.2) is 0 Å². The first-order valence-corrected chi connectivity index (χ1v) is 7.76. The Morgan fingerprint density at radius 1 is 1.45 bits per heavy atom. The molecule has 1 rings (SSSR count). The van der Waals surface area contributed by atoms with E-state index < -0.39 is 0 Å². The van der Waals surface area contributed by atoms with Crippen molar-refractivity contribution >= 4 is 6.03 Å². The van der Waals surface area contributed by atoms with Crippen LogP contribution in [0.5, 0.6) is 0 Å². The smallest absolute Gasteiger partial charge is 0.314 e. The minimum atomic E-state index is -0.374. The predicted molar refractivity (Wildman–Crippen MR) is 81.7 cm³/mol. The monoisotopic (exact) mass is 285 g/mol. The molecular formula is C15H31N3O2. The summed E-state index contributed by atoms with van der Waals surface area (Å²) in [5.74, 6) is 0.739. The van der Waals surface area contributed by atoms with Crippen molar-refractivity contribution in [2.24, 2.45) is 5.92 Å². The molecule has 1 fully saturated rings. The van der Waals surface area contributed by atoms with Crippen molar-refractivity contribution in [2.45, 2.75) is 58.6 Å². The Morgan fingerprint density at radius 3 is 2.75 bits per heavy atom. The lowest BCUT2D eigenvalue weighted by atomic mass is 9.93. The van der Waals surface area contributed by atoms with Crippen molar-refractivity contribution in [1.29, 1.82) is 0 Å². The van der Waals surface area contributed by atoms with Gasteiger partial charge in [-0.3, -0.25) is 4.90 Å². The molecule has 0 aliphatic carbocycles. The molecule has 2 unspecified atom stereocenters. The van der Waals surface area contributed by atoms with Gasteiger partial charge in [0.05, 0.1) is 6.10 Å². The van der Waals surface area contributed by atoms with E-state index in [1.807, 2.05) is 0 Å². The number of hydrogen-bond acceptors (Lipinski definition) is 3. The number of urea groups is 1. The Labute approximate surface area is 123 Å². The predicted octanol–water partition coefficient (Wildman–Crippen LogP) is 1.57. The standard InChI is InChI=1S/C15H31N3O2/c1-12-6-5-9-18(10-12)15(3,4)11-17-14(20)16-8-7-13(2)19/h12-13,19H,5-11H2,1-4H3,(H2,16,17,20). The third-order valence-electron chi connectivity index (χ3n) is 4.04. The van der Waals surface area contributed by atoms with Gasteiger partial charge in [-0.25, -0.2) is 4.79 Å². The summed E-state index contributed by atoms with van der Waals surface area (Å²) in [6.45, 7) is 11.7. The van der Waals surface area contributed by atoms with Gasteiger partial charge in [0.2, 0.25) is 0 Å². The van der Waals surface area contributed by atoms with Crippen LogP contribution in [0.1, 0.15) is 47.0 Å². The highest BCUT2D eigenvalue weighted by molar-refractivity contribution is 5.73. The number of carbonyl (C=O) groups is 1. The van der Waals surface area contributed by atoms with Gasteiger partial charge in [0.1, 0.15) is 0 Å². The maximum absolute atomic E-state index is 11.7. The van der Waals surface area contributed by atoms with Crippen molar-refractivity contribution in [1.82, 2.24) is 15.5 Å². The van der Waals surface area contributed by atoms with E-state index in [9.17, 15) is 4.79 Å². The quantitative estimate of drug-likeness (QED) is 0.694. The van der Waals surface area contributed by atoms with Crippen molar-refractivity contribution < 1.29 is 9.90 Å². The van der Waals surface area contributed by atoms with E-state index in [0.717, 1.165) is 19.0 Å². The molecule has 0 aromatic rings. The number of aliphatic hydroxyl groups excluding tert-OH is 1. The van der Waals surface area contributed by atoms with Gasteiger partial charge in [0.15, 0.2) is 0 Å². The molecule has 5 nitrogen and oxygen atoms in total. The summed E-state index contributed by atoms with van der Waals surface area (Å²) in [5, 5.41) is 14.8. The Bertz CT molecular complexity index is 305. The van der Waals surface area contributed by atoms with Crippen LogP contribution in [0.4, 0.5) is 4.79 Å². The number of hydrogen-bond donors (Lipinski definition) is 3. The van der Waals surface area contributed by atoms with E-state index in [1.165, 1.54) is 12.8 Å². The molecule has 2 atom stereocenters. The van der Waals surface area contributed by atoms with E-state index in [-0.39, 0.29) is 17.7 Å². The molecule has 0 spiro atoms. The molecule has 0 saturated carbocycles. The SMILES string of the molecule is CC(O)CCNC(=O)NCC(C)(C)N1CCCC(C)C1. The van der Waals surface area contributed by atoms with Crippen LogP contribution in [0, 0.1) is 5.92 Å². The van der Waals surface area contributed by atoms with Crippen molar-refractivity contribution in [3.63, 3.8) is 0 Å². The highest BCUT2D eigenvalue weighted by Crippen LogP contribution is 2.23. The molecule has 1 heterocycles. The molecule has 1 saturated heterocycles. The zero-order valence-corrected chi connectivity index (χ0v) is 13.4. The number of nitrogens with zero attached hydrogens (tertiary/aromatic N) is 1. The van der Waals surface area contributed by atoms with Crippen LogP contribution in [0.2, 0.25) is 0 Å². The van der Waals surface area contributed by atoms with Crippen LogP contribution in [-0.2, 0) is 0 Å². The maximum atomic E-state index is 11.7. The Hall–Kier alpha value is -0.810. The van der Waals surface area contributed by atoms with Crippen molar-refractivity contribution in [3.8, 4) is 0 Å². The number of aliphatic hydroxyl groups is 1. The second kappa shape index (κ2) is 7.84. The fraction of sp³-hybridized carbons (Fsp3) is 0.933. The molecule has 2 amide bonds. The third-order valence-corrected chi connectivity index (χ3v) is 4.04. The number of piperidine rings is 1. The summed E-state index contributed by atoms with van der Waals surface area (Å²) < 4.78 is 0. The minimum absolute atomic E-state index is 0.0176. The average molecular weight is 285 g/mol. The van der Waals surface area contributed by atoms with Crippen LogP contribution in [0.3, 0.4) is 0 Å².